The topological polar surface area (TPSA) is 100 Å². The van der Waals surface area contributed by atoms with Crippen LogP contribution < -0.4 is 61.8 Å². The van der Waals surface area contributed by atoms with Crippen molar-refractivity contribution in [3.8, 4) is 0 Å². The van der Waals surface area contributed by atoms with Gasteiger partial charge in [0, 0.05) is 18.8 Å². The van der Waals surface area contributed by atoms with Gasteiger partial charge in [0.05, 0.1) is 22.3 Å². The molecule has 0 bridgehead atoms. The first-order valence-electron chi connectivity index (χ1n) is 6.22. The number of nitro groups is 1. The largest absolute Gasteiger partial charge is 1.00 e. The molecule has 0 aliphatic heterocycles. The van der Waals surface area contributed by atoms with Crippen LogP contribution in [0.15, 0.2) is 24.3 Å². The van der Waals surface area contributed by atoms with E-state index >= 15 is 0 Å². The molecular formula is C14H14KN3O4. The summed E-state index contributed by atoms with van der Waals surface area (Å²) in [6, 6.07) is 6.07. The van der Waals surface area contributed by atoms with Crippen molar-refractivity contribution in [2.45, 2.75) is 13.8 Å². The Hall–Kier alpha value is -1.19. The predicted molar refractivity (Wildman–Crippen MR) is 75.6 cm³/mol. The molecule has 0 fully saturated rings. The summed E-state index contributed by atoms with van der Waals surface area (Å²) in [5, 5.41) is 25.2. The molecule has 2 rings (SSSR count). The van der Waals surface area contributed by atoms with Crippen LogP contribution in [0.2, 0.25) is 0 Å². The number of carbonyl (C=O) groups is 1. The summed E-state index contributed by atoms with van der Waals surface area (Å²) in [6.07, 6.45) is 0. The van der Waals surface area contributed by atoms with Gasteiger partial charge < -0.3 is 19.8 Å². The van der Waals surface area contributed by atoms with Gasteiger partial charge in [0.1, 0.15) is 5.69 Å². The van der Waals surface area contributed by atoms with Crippen LogP contribution in [0.3, 0.4) is 0 Å². The molecule has 0 saturated carbocycles. The summed E-state index contributed by atoms with van der Waals surface area (Å²) in [4.78, 5) is 21.8. The monoisotopic (exact) mass is 327 g/mol. The Morgan fingerprint density at radius 3 is 2.41 bits per heavy atom. The molecule has 0 unspecified atom stereocenters. The fraction of sp³-hybridized carbons (Fsp3) is 0.214. The molecule has 2 aromatic rings. The number of carboxylic acid groups (broad SMARTS) is 1. The van der Waals surface area contributed by atoms with E-state index in [0.717, 1.165) is 5.69 Å². The first kappa shape index (κ1) is 18.9. The van der Waals surface area contributed by atoms with Gasteiger partial charge in [0.2, 0.25) is 0 Å². The first-order chi connectivity index (χ1) is 9.84. The van der Waals surface area contributed by atoms with Gasteiger partial charge in [-0.15, -0.1) is 0 Å². The maximum Gasteiger partial charge on any atom is 1.00 e. The molecule has 1 heterocycles. The number of carbonyl (C=O) groups excluding carboxylic acids is 1. The average molecular weight is 327 g/mol. The summed E-state index contributed by atoms with van der Waals surface area (Å²) < 4.78 is 1.49. The van der Waals surface area contributed by atoms with Gasteiger partial charge in [0.25, 0.3) is 5.69 Å². The van der Waals surface area contributed by atoms with Gasteiger partial charge in [0.15, 0.2) is 0 Å². The third-order valence-corrected chi connectivity index (χ3v) is 3.55. The van der Waals surface area contributed by atoms with E-state index in [1.165, 1.54) is 16.7 Å². The fourth-order valence-corrected chi connectivity index (χ4v) is 2.21. The normalized spacial score (nSPS) is 9.95. The molecule has 8 heteroatoms. The molecule has 110 valence electrons. The number of hydrogen-bond acceptors (Lipinski definition) is 5. The number of nitrogens with zero attached hydrogens (tertiary/aromatic N) is 2. The second kappa shape index (κ2) is 7.38. The van der Waals surface area contributed by atoms with Gasteiger partial charge in [-0.1, -0.05) is 12.1 Å². The summed E-state index contributed by atoms with van der Waals surface area (Å²) in [6.45, 7) is 3.52. The molecule has 0 aliphatic carbocycles. The van der Waals surface area contributed by atoms with Gasteiger partial charge in [-0.05, 0) is 25.5 Å². The van der Waals surface area contributed by atoms with E-state index in [9.17, 15) is 20.0 Å². The van der Waals surface area contributed by atoms with Crippen molar-refractivity contribution < 1.29 is 66.2 Å². The Balaban J connectivity index is 0.00000242. The molecule has 1 aromatic heterocycles. The minimum Gasteiger partial charge on any atom is -0.543 e. The third kappa shape index (κ3) is 3.41. The van der Waals surface area contributed by atoms with Crippen molar-refractivity contribution in [1.29, 1.82) is 0 Å². The van der Waals surface area contributed by atoms with Crippen LogP contribution in [0.1, 0.15) is 21.7 Å². The average Bonchev–Trinajstić information content (AvgIpc) is 2.64. The molecule has 7 nitrogen and oxygen atoms in total. The van der Waals surface area contributed by atoms with Gasteiger partial charge in [-0.3, -0.25) is 10.1 Å². The summed E-state index contributed by atoms with van der Waals surface area (Å²) in [5.74, 6) is -1.34. The molecule has 22 heavy (non-hydrogen) atoms. The summed E-state index contributed by atoms with van der Waals surface area (Å²) in [5.41, 5.74) is 1.83. The second-order valence-electron chi connectivity index (χ2n) is 4.68. The van der Waals surface area contributed by atoms with E-state index in [1.807, 2.05) is 0 Å². The number of carboxylic acids is 1. The van der Waals surface area contributed by atoms with E-state index in [2.05, 4.69) is 5.32 Å². The number of rotatable bonds is 4. The van der Waals surface area contributed by atoms with Crippen LogP contribution in [0.5, 0.6) is 0 Å². The zero-order valence-corrected chi connectivity index (χ0v) is 16.0. The Labute approximate surface area is 169 Å². The molecule has 0 spiro atoms. The van der Waals surface area contributed by atoms with Crippen LogP contribution in [-0.4, -0.2) is 15.5 Å². The number of nitrogens with one attached hydrogen (secondary N) is 1. The Morgan fingerprint density at radius 2 is 1.86 bits per heavy atom. The predicted octanol–water partition coefficient (Wildman–Crippen LogP) is -1.34. The number of benzene rings is 1. The van der Waals surface area contributed by atoms with Crippen molar-refractivity contribution in [3.05, 3.63) is 51.3 Å². The molecule has 0 radical (unpaired) electrons. The first-order valence-corrected chi connectivity index (χ1v) is 6.22. The van der Waals surface area contributed by atoms with Crippen molar-refractivity contribution in [2.75, 3.05) is 5.32 Å². The number of para-hydroxylation sites is 2. The smallest absolute Gasteiger partial charge is 0.543 e. The van der Waals surface area contributed by atoms with Crippen molar-refractivity contribution in [3.63, 3.8) is 0 Å². The zero-order chi connectivity index (χ0) is 15.7. The van der Waals surface area contributed by atoms with E-state index in [4.69, 9.17) is 0 Å². The Kier molecular flexibility index (Phi) is 6.33. The fourth-order valence-electron chi connectivity index (χ4n) is 2.21. The minimum atomic E-state index is -1.34. The maximum absolute atomic E-state index is 11.3. The molecule has 1 aromatic carbocycles. The van der Waals surface area contributed by atoms with Gasteiger partial charge >= 0.3 is 51.4 Å². The Morgan fingerprint density at radius 1 is 1.27 bits per heavy atom. The molecule has 0 atom stereocenters. The molecular weight excluding hydrogens is 313 g/mol. The van der Waals surface area contributed by atoms with Crippen molar-refractivity contribution >= 4 is 23.0 Å². The van der Waals surface area contributed by atoms with E-state index in [1.54, 1.807) is 33.0 Å². The van der Waals surface area contributed by atoms with Crippen LogP contribution in [0.25, 0.3) is 0 Å². The minimum absolute atomic E-state index is 0. The third-order valence-electron chi connectivity index (χ3n) is 3.55. The second-order valence-corrected chi connectivity index (χ2v) is 4.68. The quantitative estimate of drug-likeness (QED) is 0.426. The number of aromatic nitrogens is 1. The van der Waals surface area contributed by atoms with E-state index in [0.29, 0.717) is 11.3 Å². The van der Waals surface area contributed by atoms with Gasteiger partial charge in [-0.2, -0.15) is 0 Å². The van der Waals surface area contributed by atoms with Crippen molar-refractivity contribution in [2.24, 2.45) is 7.05 Å². The number of hydrogen-bond donors (Lipinski definition) is 1. The number of anilines is 2. The zero-order valence-electron chi connectivity index (χ0n) is 12.8. The van der Waals surface area contributed by atoms with Gasteiger partial charge in [-0.25, -0.2) is 0 Å². The van der Waals surface area contributed by atoms with Crippen LogP contribution in [-0.2, 0) is 7.05 Å². The van der Waals surface area contributed by atoms with E-state index < -0.39 is 10.9 Å². The number of nitro benzene ring substituents is 1. The molecule has 0 aliphatic rings. The van der Waals surface area contributed by atoms with E-state index in [-0.39, 0.29) is 68.5 Å². The summed E-state index contributed by atoms with van der Waals surface area (Å²) >= 11 is 0. The molecule has 0 amide bonds. The standard InChI is InChI=1S/C14H15N3O4.K/c1-8-9(2)16(3)13(14(18)19)12(8)15-10-6-4-5-7-11(10)17(20)21;/h4-7,15H,1-3H3,(H,18,19);/q;+1/p-1. The van der Waals surface area contributed by atoms with Crippen molar-refractivity contribution in [1.82, 2.24) is 4.57 Å². The van der Waals surface area contributed by atoms with Crippen LogP contribution >= 0.6 is 0 Å². The molecule has 0 saturated heterocycles. The summed E-state index contributed by atoms with van der Waals surface area (Å²) in [7, 11) is 1.61. The Bertz CT molecular complexity index is 740. The SMILES string of the molecule is Cc1c(Nc2ccccc2[N+](=O)[O-])c(C(=O)[O-])n(C)c1C.[K+]. The van der Waals surface area contributed by atoms with Crippen LogP contribution in [0.4, 0.5) is 17.1 Å². The maximum atomic E-state index is 11.3. The molecule has 1 N–H and O–H groups in total. The van der Waals surface area contributed by atoms with Crippen LogP contribution in [0, 0.1) is 24.0 Å². The number of aromatic carboxylic acids is 1.